The molecular weight excluding hydrogens is 198 g/mol. The van der Waals surface area contributed by atoms with Crippen LogP contribution >= 0.6 is 11.6 Å². The molecule has 1 nitrogen and oxygen atoms in total. The highest BCUT2D eigenvalue weighted by molar-refractivity contribution is 6.67. The van der Waals surface area contributed by atoms with Crippen LogP contribution in [0.25, 0.3) is 0 Å². The van der Waals surface area contributed by atoms with Crippen LogP contribution in [0.15, 0.2) is 18.2 Å². The first-order chi connectivity index (χ1) is 6.19. The Hall–Kier alpha value is -0.960. The van der Waals surface area contributed by atoms with Crippen molar-refractivity contribution in [2.45, 2.75) is 13.3 Å². The van der Waals surface area contributed by atoms with E-state index in [0.717, 1.165) is 0 Å². The summed E-state index contributed by atoms with van der Waals surface area (Å²) < 4.78 is 24.5. The van der Waals surface area contributed by atoms with Crippen molar-refractivity contribution in [3.63, 3.8) is 0 Å². The van der Waals surface area contributed by atoms with Gasteiger partial charge in [0.15, 0.2) is 0 Å². The summed E-state index contributed by atoms with van der Waals surface area (Å²) in [6, 6.07) is 4.01. The Balaban J connectivity index is 3.13. The summed E-state index contributed by atoms with van der Waals surface area (Å²) in [6.07, 6.45) is 0. The predicted octanol–water partition coefficient (Wildman–Crippen LogP) is 3.00. The first-order valence-electron chi connectivity index (χ1n) is 3.62. The summed E-state index contributed by atoms with van der Waals surface area (Å²) in [5.41, 5.74) is 0.615. The van der Waals surface area contributed by atoms with Gasteiger partial charge in [0.2, 0.25) is 0 Å². The van der Waals surface area contributed by atoms with E-state index in [2.05, 4.69) is 0 Å². The Morgan fingerprint density at radius 1 is 1.23 bits per heavy atom. The zero-order valence-electron chi connectivity index (χ0n) is 6.69. The lowest BCUT2D eigenvalue weighted by atomic mass is 10.1. The second-order valence-corrected chi connectivity index (χ2v) is 2.87. The van der Waals surface area contributed by atoms with Crippen molar-refractivity contribution in [1.82, 2.24) is 0 Å². The van der Waals surface area contributed by atoms with Gasteiger partial charge in [-0.15, -0.1) is 0 Å². The first kappa shape index (κ1) is 10.1. The molecule has 0 spiro atoms. The predicted molar refractivity (Wildman–Crippen MR) is 46.2 cm³/mol. The lowest BCUT2D eigenvalue weighted by Gasteiger charge is -2.03. The van der Waals surface area contributed by atoms with Crippen LogP contribution < -0.4 is 0 Å². The third kappa shape index (κ3) is 2.25. The number of benzene rings is 1. The zero-order valence-corrected chi connectivity index (χ0v) is 7.44. The minimum atomic E-state index is -0.794. The van der Waals surface area contributed by atoms with Crippen molar-refractivity contribution in [1.29, 1.82) is 0 Å². The van der Waals surface area contributed by atoms with E-state index < -0.39 is 18.6 Å². The van der Waals surface area contributed by atoms with Gasteiger partial charge in [0.1, 0.15) is 13.3 Å². The minimum absolute atomic E-state index is 0.175. The van der Waals surface area contributed by atoms with E-state index >= 15 is 0 Å². The second-order valence-electron chi connectivity index (χ2n) is 2.52. The highest BCUT2D eigenvalue weighted by Crippen LogP contribution is 2.16. The Morgan fingerprint density at radius 3 is 2.31 bits per heavy atom. The average Bonchev–Trinajstić information content (AvgIpc) is 2.16. The lowest BCUT2D eigenvalue weighted by Crippen LogP contribution is -1.95. The van der Waals surface area contributed by atoms with Crippen LogP contribution in [-0.2, 0) is 13.3 Å². The van der Waals surface area contributed by atoms with Crippen LogP contribution in [0.1, 0.15) is 21.5 Å². The third-order valence-corrected chi connectivity index (χ3v) is 1.94. The summed E-state index contributed by atoms with van der Waals surface area (Å²) in [5, 5.41) is -0.667. The van der Waals surface area contributed by atoms with E-state index in [1.807, 2.05) is 0 Å². The van der Waals surface area contributed by atoms with Gasteiger partial charge in [0.05, 0.1) is 0 Å². The van der Waals surface area contributed by atoms with Gasteiger partial charge in [0.25, 0.3) is 5.24 Å². The molecule has 0 aliphatic carbocycles. The van der Waals surface area contributed by atoms with E-state index in [1.54, 1.807) is 0 Å². The van der Waals surface area contributed by atoms with Crippen molar-refractivity contribution in [2.75, 3.05) is 0 Å². The van der Waals surface area contributed by atoms with E-state index in [9.17, 15) is 13.6 Å². The SMILES string of the molecule is O=C(Cl)c1ccc(CF)c(CF)c1. The van der Waals surface area contributed by atoms with Gasteiger partial charge in [0, 0.05) is 5.56 Å². The van der Waals surface area contributed by atoms with E-state index in [1.165, 1.54) is 18.2 Å². The van der Waals surface area contributed by atoms with E-state index in [0.29, 0.717) is 0 Å². The number of hydrogen-bond donors (Lipinski definition) is 0. The van der Waals surface area contributed by atoms with Crippen molar-refractivity contribution < 1.29 is 13.6 Å². The lowest BCUT2D eigenvalue weighted by molar-refractivity contribution is 0.108. The highest BCUT2D eigenvalue weighted by atomic mass is 35.5. The Labute approximate surface area is 79.3 Å². The van der Waals surface area contributed by atoms with E-state index in [-0.39, 0.29) is 16.7 Å². The molecule has 0 heterocycles. The van der Waals surface area contributed by atoms with Crippen LogP contribution in [0.5, 0.6) is 0 Å². The largest absolute Gasteiger partial charge is 0.276 e. The molecule has 1 rings (SSSR count). The molecule has 0 aliphatic rings. The van der Waals surface area contributed by atoms with Gasteiger partial charge in [-0.2, -0.15) is 0 Å². The highest BCUT2D eigenvalue weighted by Gasteiger charge is 2.07. The number of rotatable bonds is 3. The van der Waals surface area contributed by atoms with Gasteiger partial charge in [-0.1, -0.05) is 6.07 Å². The monoisotopic (exact) mass is 204 g/mol. The maximum absolute atomic E-state index is 12.3. The van der Waals surface area contributed by atoms with Gasteiger partial charge < -0.3 is 0 Å². The van der Waals surface area contributed by atoms with Gasteiger partial charge in [-0.3, -0.25) is 4.79 Å². The Bertz CT molecular complexity index is 325. The zero-order chi connectivity index (χ0) is 9.84. The van der Waals surface area contributed by atoms with E-state index in [4.69, 9.17) is 11.6 Å². The summed E-state index contributed by atoms with van der Waals surface area (Å²) in [6.45, 7) is -1.53. The molecule has 70 valence electrons. The normalized spacial score (nSPS) is 10.1. The molecule has 4 heteroatoms. The molecule has 0 aliphatic heterocycles. The molecule has 1 aromatic rings. The summed E-state index contributed by atoms with van der Waals surface area (Å²) in [4.78, 5) is 10.7. The van der Waals surface area contributed by atoms with Crippen LogP contribution in [0, 0.1) is 0 Å². The second kappa shape index (κ2) is 4.33. The first-order valence-corrected chi connectivity index (χ1v) is 4.00. The number of alkyl halides is 2. The molecule has 0 atom stereocenters. The molecule has 0 fully saturated rings. The van der Waals surface area contributed by atoms with Gasteiger partial charge in [-0.05, 0) is 34.9 Å². The molecule has 0 radical (unpaired) electrons. The topological polar surface area (TPSA) is 17.1 Å². The molecule has 0 saturated carbocycles. The fourth-order valence-electron chi connectivity index (χ4n) is 1.00. The molecule has 13 heavy (non-hydrogen) atoms. The molecule has 0 aromatic heterocycles. The molecule has 0 unspecified atom stereocenters. The van der Waals surface area contributed by atoms with Crippen molar-refractivity contribution in [3.05, 3.63) is 34.9 Å². The van der Waals surface area contributed by atoms with Crippen molar-refractivity contribution in [3.8, 4) is 0 Å². The third-order valence-electron chi connectivity index (χ3n) is 1.72. The number of halogens is 3. The number of hydrogen-bond acceptors (Lipinski definition) is 1. The molecular formula is C9H7ClF2O. The minimum Gasteiger partial charge on any atom is -0.276 e. The van der Waals surface area contributed by atoms with Crippen LogP contribution in [0.2, 0.25) is 0 Å². The van der Waals surface area contributed by atoms with Crippen LogP contribution in [-0.4, -0.2) is 5.24 Å². The van der Waals surface area contributed by atoms with Gasteiger partial charge in [-0.25, -0.2) is 8.78 Å². The Kier molecular flexibility index (Phi) is 3.37. The van der Waals surface area contributed by atoms with Crippen LogP contribution in [0.4, 0.5) is 8.78 Å². The number of carbonyl (C=O) groups excluding carboxylic acids is 1. The fraction of sp³-hybridized carbons (Fsp3) is 0.222. The molecule has 0 bridgehead atoms. The standard InChI is InChI=1S/C9H7ClF2O/c10-9(13)6-1-2-7(4-11)8(3-6)5-12/h1-3H,4-5H2. The summed E-state index contributed by atoms with van der Waals surface area (Å²) in [7, 11) is 0. The Morgan fingerprint density at radius 2 is 1.85 bits per heavy atom. The van der Waals surface area contributed by atoms with Gasteiger partial charge >= 0.3 is 0 Å². The maximum Gasteiger partial charge on any atom is 0.252 e. The molecule has 0 N–H and O–H groups in total. The molecule has 0 saturated heterocycles. The van der Waals surface area contributed by atoms with Crippen LogP contribution in [0.3, 0.4) is 0 Å². The summed E-state index contributed by atoms with van der Waals surface area (Å²) in [5.74, 6) is 0. The quantitative estimate of drug-likeness (QED) is 0.692. The summed E-state index contributed by atoms with van der Waals surface area (Å²) >= 11 is 5.17. The van der Waals surface area contributed by atoms with Crippen molar-refractivity contribution in [2.24, 2.45) is 0 Å². The molecule has 1 aromatic carbocycles. The average molecular weight is 205 g/mol. The maximum atomic E-state index is 12.3. The van der Waals surface area contributed by atoms with Crippen molar-refractivity contribution >= 4 is 16.8 Å². The smallest absolute Gasteiger partial charge is 0.252 e. The number of carbonyl (C=O) groups is 1. The fourth-order valence-corrected chi connectivity index (χ4v) is 1.12. The molecule has 0 amide bonds.